The molecular weight excluding hydrogens is 340 g/mol. The first kappa shape index (κ1) is 17.2. The van der Waals surface area contributed by atoms with E-state index in [2.05, 4.69) is 10.3 Å². The molecule has 1 fully saturated rings. The number of carbonyl (C=O) groups is 2. The Bertz CT molecular complexity index is 752. The lowest BCUT2D eigenvalue weighted by atomic mass is 10.1. The van der Waals surface area contributed by atoms with E-state index in [0.29, 0.717) is 38.3 Å². The number of hydrogen-bond acceptors (Lipinski definition) is 5. The van der Waals surface area contributed by atoms with Gasteiger partial charge < -0.3 is 20.2 Å². The number of hydrogen-bond donors (Lipinski definition) is 2. The van der Waals surface area contributed by atoms with Crippen LogP contribution in [0.1, 0.15) is 21.1 Å². The van der Waals surface area contributed by atoms with Crippen molar-refractivity contribution in [1.82, 2.24) is 20.1 Å². The maximum absolute atomic E-state index is 12.4. The van der Waals surface area contributed by atoms with E-state index < -0.39 is 0 Å². The first-order chi connectivity index (χ1) is 12.0. The quantitative estimate of drug-likeness (QED) is 0.874. The van der Waals surface area contributed by atoms with Crippen LogP contribution < -0.4 is 5.32 Å². The minimum absolute atomic E-state index is 0.0852. The van der Waals surface area contributed by atoms with Crippen LogP contribution in [0.25, 0.3) is 0 Å². The van der Waals surface area contributed by atoms with Crippen molar-refractivity contribution in [2.75, 3.05) is 26.2 Å². The molecular formula is C17H20N4O3S. The number of carbonyl (C=O) groups excluding carboxylic acids is 2. The van der Waals surface area contributed by atoms with E-state index in [4.69, 9.17) is 0 Å². The van der Waals surface area contributed by atoms with E-state index in [-0.39, 0.29) is 17.7 Å². The van der Waals surface area contributed by atoms with Gasteiger partial charge in [-0.05, 0) is 31.2 Å². The summed E-state index contributed by atoms with van der Waals surface area (Å²) in [6, 6.07) is 6.07. The molecule has 2 heterocycles. The zero-order valence-electron chi connectivity index (χ0n) is 13.9. The maximum atomic E-state index is 12.4. The number of rotatable bonds is 3. The van der Waals surface area contributed by atoms with E-state index >= 15 is 0 Å². The first-order valence-electron chi connectivity index (χ1n) is 8.05. The van der Waals surface area contributed by atoms with E-state index in [1.807, 2.05) is 12.3 Å². The molecule has 0 radical (unpaired) electrons. The topological polar surface area (TPSA) is 85.8 Å². The van der Waals surface area contributed by atoms with Crippen molar-refractivity contribution in [1.29, 1.82) is 0 Å². The summed E-state index contributed by atoms with van der Waals surface area (Å²) >= 11 is 1.56. The van der Waals surface area contributed by atoms with Crippen LogP contribution in [0.3, 0.4) is 0 Å². The lowest BCUT2D eigenvalue weighted by Crippen LogP contribution is -2.53. The number of amides is 3. The molecule has 1 aromatic carbocycles. The fourth-order valence-corrected chi connectivity index (χ4v) is 3.28. The van der Waals surface area contributed by atoms with Gasteiger partial charge in [-0.3, -0.25) is 4.79 Å². The fourth-order valence-electron chi connectivity index (χ4n) is 2.67. The number of aryl methyl sites for hydroxylation is 1. The molecule has 1 aliphatic heterocycles. The molecule has 0 aliphatic carbocycles. The van der Waals surface area contributed by atoms with Crippen molar-refractivity contribution >= 4 is 23.3 Å². The molecule has 3 amide bonds. The average Bonchev–Trinajstić information content (AvgIpc) is 3.05. The summed E-state index contributed by atoms with van der Waals surface area (Å²) in [6.45, 7) is 4.31. The molecule has 1 aliphatic rings. The monoisotopic (exact) mass is 360 g/mol. The average molecular weight is 360 g/mol. The minimum atomic E-state index is -0.137. The smallest absolute Gasteiger partial charge is 0.317 e. The zero-order valence-corrected chi connectivity index (χ0v) is 14.8. The number of aromatic hydroxyl groups is 1. The summed E-state index contributed by atoms with van der Waals surface area (Å²) in [6.07, 6.45) is 0. The highest BCUT2D eigenvalue weighted by molar-refractivity contribution is 7.09. The van der Waals surface area contributed by atoms with Crippen LogP contribution >= 0.6 is 11.3 Å². The third-order valence-electron chi connectivity index (χ3n) is 4.06. The standard InChI is InChI=1S/C17H20N4O3S/c1-12-19-14(11-25-12)10-18-17(24)21-8-6-20(7-9-21)16(23)13-2-4-15(22)5-3-13/h2-5,11,22H,6-10H2,1H3,(H,18,24). The van der Waals surface area contributed by atoms with Gasteiger partial charge in [0.15, 0.2) is 0 Å². The van der Waals surface area contributed by atoms with Gasteiger partial charge in [-0.1, -0.05) is 0 Å². The van der Waals surface area contributed by atoms with Crippen molar-refractivity contribution in [2.24, 2.45) is 0 Å². The molecule has 0 atom stereocenters. The van der Waals surface area contributed by atoms with Gasteiger partial charge in [-0.25, -0.2) is 9.78 Å². The van der Waals surface area contributed by atoms with Gasteiger partial charge in [0.2, 0.25) is 0 Å². The van der Waals surface area contributed by atoms with Crippen molar-refractivity contribution in [3.05, 3.63) is 45.9 Å². The SMILES string of the molecule is Cc1nc(CNC(=O)N2CCN(C(=O)c3ccc(O)cc3)CC2)cs1. The lowest BCUT2D eigenvalue weighted by Gasteiger charge is -2.34. The Kier molecular flexibility index (Phi) is 5.18. The summed E-state index contributed by atoms with van der Waals surface area (Å²) < 4.78 is 0. The van der Waals surface area contributed by atoms with Gasteiger partial charge in [0.05, 0.1) is 17.2 Å². The highest BCUT2D eigenvalue weighted by Crippen LogP contribution is 2.13. The van der Waals surface area contributed by atoms with Crippen molar-refractivity contribution < 1.29 is 14.7 Å². The number of phenolic OH excluding ortho intramolecular Hbond substituents is 1. The molecule has 1 aromatic heterocycles. The molecule has 2 N–H and O–H groups in total. The van der Waals surface area contributed by atoms with Crippen LogP contribution in [0.2, 0.25) is 0 Å². The Balaban J connectivity index is 1.48. The molecule has 3 rings (SSSR count). The minimum Gasteiger partial charge on any atom is -0.508 e. The number of nitrogens with zero attached hydrogens (tertiary/aromatic N) is 3. The molecule has 1 saturated heterocycles. The Morgan fingerprint density at radius 3 is 2.40 bits per heavy atom. The molecule has 7 nitrogen and oxygen atoms in total. The predicted molar refractivity (Wildman–Crippen MR) is 94.7 cm³/mol. The Morgan fingerprint density at radius 2 is 1.80 bits per heavy atom. The Hall–Kier alpha value is -2.61. The zero-order chi connectivity index (χ0) is 17.8. The van der Waals surface area contributed by atoms with Crippen LogP contribution in [0.5, 0.6) is 5.75 Å². The van der Waals surface area contributed by atoms with Crippen molar-refractivity contribution in [2.45, 2.75) is 13.5 Å². The largest absolute Gasteiger partial charge is 0.508 e. The number of piperazine rings is 1. The number of aromatic nitrogens is 1. The third-order valence-corrected chi connectivity index (χ3v) is 4.88. The normalized spacial score (nSPS) is 14.4. The first-order valence-corrected chi connectivity index (χ1v) is 8.93. The van der Waals surface area contributed by atoms with Crippen LogP contribution in [-0.4, -0.2) is 58.0 Å². The summed E-state index contributed by atoms with van der Waals surface area (Å²) in [5.41, 5.74) is 1.39. The Morgan fingerprint density at radius 1 is 1.16 bits per heavy atom. The third kappa shape index (κ3) is 4.27. The maximum Gasteiger partial charge on any atom is 0.317 e. The molecule has 8 heteroatoms. The van der Waals surface area contributed by atoms with E-state index in [1.165, 1.54) is 12.1 Å². The second-order valence-corrected chi connectivity index (χ2v) is 6.90. The summed E-state index contributed by atoms with van der Waals surface area (Å²) in [5.74, 6) is 0.0475. The van der Waals surface area contributed by atoms with Gasteiger partial charge in [0.25, 0.3) is 5.91 Å². The Labute approximate surface area is 149 Å². The van der Waals surface area contributed by atoms with E-state index in [9.17, 15) is 14.7 Å². The van der Waals surface area contributed by atoms with Crippen molar-refractivity contribution in [3.63, 3.8) is 0 Å². The molecule has 0 saturated carbocycles. The second kappa shape index (κ2) is 7.52. The van der Waals surface area contributed by atoms with Crippen LogP contribution in [0, 0.1) is 6.92 Å². The molecule has 0 unspecified atom stereocenters. The summed E-state index contributed by atoms with van der Waals surface area (Å²) in [7, 11) is 0. The predicted octanol–water partition coefficient (Wildman–Crippen LogP) is 1.82. The molecule has 0 spiro atoms. The highest BCUT2D eigenvalue weighted by atomic mass is 32.1. The van der Waals surface area contributed by atoms with E-state index in [0.717, 1.165) is 10.7 Å². The number of nitrogens with one attached hydrogen (secondary N) is 1. The van der Waals surface area contributed by atoms with Gasteiger partial charge in [-0.2, -0.15) is 0 Å². The van der Waals surface area contributed by atoms with Gasteiger partial charge in [0.1, 0.15) is 5.75 Å². The molecule has 0 bridgehead atoms. The van der Waals surface area contributed by atoms with Crippen molar-refractivity contribution in [3.8, 4) is 5.75 Å². The number of phenols is 1. The van der Waals surface area contributed by atoms with Crippen LogP contribution in [0.4, 0.5) is 4.79 Å². The number of benzene rings is 1. The lowest BCUT2D eigenvalue weighted by molar-refractivity contribution is 0.0665. The van der Waals surface area contributed by atoms with Crippen LogP contribution in [0.15, 0.2) is 29.6 Å². The highest BCUT2D eigenvalue weighted by Gasteiger charge is 2.24. The summed E-state index contributed by atoms with van der Waals surface area (Å²) in [5, 5.41) is 15.1. The van der Waals surface area contributed by atoms with Gasteiger partial charge >= 0.3 is 6.03 Å². The fraction of sp³-hybridized carbons (Fsp3) is 0.353. The van der Waals surface area contributed by atoms with E-state index in [1.54, 1.807) is 33.3 Å². The molecule has 25 heavy (non-hydrogen) atoms. The van der Waals surface area contributed by atoms with Crippen LogP contribution in [-0.2, 0) is 6.54 Å². The number of thiazole rings is 1. The van der Waals surface area contributed by atoms with Gasteiger partial charge in [0, 0.05) is 37.1 Å². The number of urea groups is 1. The second-order valence-electron chi connectivity index (χ2n) is 5.84. The molecule has 132 valence electrons. The summed E-state index contributed by atoms with van der Waals surface area (Å²) in [4.78, 5) is 32.4. The molecule has 2 aromatic rings. The van der Waals surface area contributed by atoms with Gasteiger partial charge in [-0.15, -0.1) is 11.3 Å².